The molecule has 2 aliphatic carbocycles. The van der Waals surface area contributed by atoms with Crippen molar-refractivity contribution in [1.29, 1.82) is 0 Å². The first kappa shape index (κ1) is 20.9. The Morgan fingerprint density at radius 1 is 1.21 bits per heavy atom. The first-order valence-corrected chi connectivity index (χ1v) is 11.2. The van der Waals surface area contributed by atoms with Crippen LogP contribution in [0.3, 0.4) is 0 Å². The number of carbonyl (C=O) groups is 2. The number of ketones is 1. The number of hydrogen-bond acceptors (Lipinski definition) is 4. The molecule has 2 bridgehead atoms. The third-order valence-electron chi connectivity index (χ3n) is 6.62. The second-order valence-electron chi connectivity index (χ2n) is 8.47. The summed E-state index contributed by atoms with van der Waals surface area (Å²) in [5.74, 6) is -0.496. The topological polar surface area (TPSA) is 92.3 Å². The van der Waals surface area contributed by atoms with Gasteiger partial charge in [-0.1, -0.05) is 26.0 Å². The van der Waals surface area contributed by atoms with Gasteiger partial charge in [-0.05, 0) is 41.9 Å². The molecule has 3 rings (SSSR count). The highest BCUT2D eigenvalue weighted by Gasteiger charge is 2.65. The van der Waals surface area contributed by atoms with E-state index in [0.717, 1.165) is 6.42 Å². The van der Waals surface area contributed by atoms with Gasteiger partial charge in [-0.25, -0.2) is 17.5 Å². The standard InChI is InChI=1S/C20H27FN2O4S/c1-19(2)15-7-8-20(19,17(24)12-15)13-28(26,27)23-10-9-22-18(25)11-14-3-5-16(21)6-4-14/h3-6,15,23H,7-13H2,1-2H3,(H,22,25). The number of fused-ring (bicyclic) bond motifs is 2. The van der Waals surface area contributed by atoms with E-state index in [2.05, 4.69) is 10.0 Å². The molecule has 1 amide bonds. The molecule has 154 valence electrons. The van der Waals surface area contributed by atoms with E-state index in [9.17, 15) is 22.4 Å². The molecule has 0 spiro atoms. The molecule has 2 saturated carbocycles. The van der Waals surface area contributed by atoms with Gasteiger partial charge in [0.25, 0.3) is 0 Å². The van der Waals surface area contributed by atoms with Crippen molar-refractivity contribution in [1.82, 2.24) is 10.0 Å². The fourth-order valence-electron chi connectivity index (χ4n) is 4.74. The zero-order valence-corrected chi connectivity index (χ0v) is 17.1. The molecule has 28 heavy (non-hydrogen) atoms. The Labute approximate surface area is 165 Å². The normalized spacial score (nSPS) is 25.8. The summed E-state index contributed by atoms with van der Waals surface area (Å²) >= 11 is 0. The average molecular weight is 411 g/mol. The maximum Gasteiger partial charge on any atom is 0.224 e. The van der Waals surface area contributed by atoms with Crippen LogP contribution in [0.2, 0.25) is 0 Å². The van der Waals surface area contributed by atoms with Crippen molar-refractivity contribution < 1.29 is 22.4 Å². The lowest BCUT2D eigenvalue weighted by Gasteiger charge is -2.36. The monoisotopic (exact) mass is 410 g/mol. The predicted octanol–water partition coefficient (Wildman–Crippen LogP) is 1.80. The van der Waals surface area contributed by atoms with E-state index in [-0.39, 0.29) is 54.1 Å². The third-order valence-corrected chi connectivity index (χ3v) is 8.14. The van der Waals surface area contributed by atoms with Crippen molar-refractivity contribution in [2.75, 3.05) is 18.8 Å². The van der Waals surface area contributed by atoms with Crippen LogP contribution in [0.25, 0.3) is 0 Å². The van der Waals surface area contributed by atoms with E-state index in [0.29, 0.717) is 18.4 Å². The summed E-state index contributed by atoms with van der Waals surface area (Å²) in [6.45, 7) is 4.21. The number of hydrogen-bond donors (Lipinski definition) is 2. The number of benzene rings is 1. The minimum absolute atomic E-state index is 0.0611. The number of sulfonamides is 1. The van der Waals surface area contributed by atoms with Crippen LogP contribution in [0, 0.1) is 22.6 Å². The second kappa shape index (κ2) is 7.55. The highest BCUT2D eigenvalue weighted by Crippen LogP contribution is 2.64. The van der Waals surface area contributed by atoms with Crippen LogP contribution in [0.15, 0.2) is 24.3 Å². The lowest BCUT2D eigenvalue weighted by Crippen LogP contribution is -2.46. The summed E-state index contributed by atoms with van der Waals surface area (Å²) in [6.07, 6.45) is 2.09. The Kier molecular flexibility index (Phi) is 5.64. The average Bonchev–Trinajstić information content (AvgIpc) is 2.95. The molecule has 1 aromatic carbocycles. The third kappa shape index (κ3) is 3.98. The number of carbonyl (C=O) groups excluding carboxylic acids is 2. The zero-order chi connectivity index (χ0) is 20.6. The molecule has 0 heterocycles. The summed E-state index contributed by atoms with van der Waals surface area (Å²) < 4.78 is 40.5. The molecule has 2 aliphatic rings. The van der Waals surface area contributed by atoms with E-state index in [1.54, 1.807) is 0 Å². The molecule has 2 fully saturated rings. The van der Waals surface area contributed by atoms with Crippen molar-refractivity contribution >= 4 is 21.7 Å². The Bertz CT molecular complexity index is 867. The van der Waals surface area contributed by atoms with Crippen molar-refractivity contribution in [3.05, 3.63) is 35.6 Å². The largest absolute Gasteiger partial charge is 0.355 e. The smallest absolute Gasteiger partial charge is 0.224 e. The Hall–Kier alpha value is -1.80. The molecule has 6 nitrogen and oxygen atoms in total. The van der Waals surface area contributed by atoms with Gasteiger partial charge in [0.15, 0.2) is 0 Å². The van der Waals surface area contributed by atoms with Crippen molar-refractivity contribution in [2.24, 2.45) is 16.7 Å². The van der Waals surface area contributed by atoms with Crippen LogP contribution in [0.5, 0.6) is 0 Å². The minimum Gasteiger partial charge on any atom is -0.355 e. The van der Waals surface area contributed by atoms with Crippen LogP contribution >= 0.6 is 0 Å². The van der Waals surface area contributed by atoms with E-state index in [4.69, 9.17) is 0 Å². The molecule has 1 aromatic rings. The lowest BCUT2D eigenvalue weighted by molar-refractivity contribution is -0.128. The molecule has 2 N–H and O–H groups in total. The first-order chi connectivity index (χ1) is 13.1. The predicted molar refractivity (Wildman–Crippen MR) is 103 cm³/mol. The van der Waals surface area contributed by atoms with Crippen LogP contribution in [0.4, 0.5) is 4.39 Å². The van der Waals surface area contributed by atoms with E-state index >= 15 is 0 Å². The molecule has 0 radical (unpaired) electrons. The highest BCUT2D eigenvalue weighted by molar-refractivity contribution is 7.89. The van der Waals surface area contributed by atoms with Gasteiger partial charge in [-0.3, -0.25) is 9.59 Å². The fraction of sp³-hybridized carbons (Fsp3) is 0.600. The highest BCUT2D eigenvalue weighted by atomic mass is 32.2. The van der Waals surface area contributed by atoms with Gasteiger partial charge < -0.3 is 5.32 Å². The van der Waals surface area contributed by atoms with Gasteiger partial charge in [0.2, 0.25) is 15.9 Å². The molecule has 0 saturated heterocycles. The van der Waals surface area contributed by atoms with Gasteiger partial charge in [-0.15, -0.1) is 0 Å². The molecule has 2 atom stereocenters. The maximum absolute atomic E-state index is 12.9. The van der Waals surface area contributed by atoms with E-state index in [1.807, 2.05) is 13.8 Å². The van der Waals surface area contributed by atoms with Gasteiger partial charge in [0.1, 0.15) is 11.6 Å². The number of halogens is 1. The van der Waals surface area contributed by atoms with Gasteiger partial charge in [0.05, 0.1) is 12.2 Å². The zero-order valence-electron chi connectivity index (χ0n) is 16.3. The van der Waals surface area contributed by atoms with Crippen LogP contribution in [-0.4, -0.2) is 39.0 Å². The Balaban J connectivity index is 1.47. The van der Waals surface area contributed by atoms with Crippen LogP contribution < -0.4 is 10.0 Å². The second-order valence-corrected chi connectivity index (χ2v) is 10.3. The molecule has 0 aliphatic heterocycles. The number of amides is 1. The fourth-order valence-corrected chi connectivity index (χ4v) is 6.58. The Morgan fingerprint density at radius 2 is 1.89 bits per heavy atom. The summed E-state index contributed by atoms with van der Waals surface area (Å²) in [4.78, 5) is 24.4. The summed E-state index contributed by atoms with van der Waals surface area (Å²) in [6, 6.07) is 5.64. The first-order valence-electron chi connectivity index (χ1n) is 9.57. The summed E-state index contributed by atoms with van der Waals surface area (Å²) in [7, 11) is -3.64. The van der Waals surface area contributed by atoms with Crippen LogP contribution in [-0.2, 0) is 26.0 Å². The quantitative estimate of drug-likeness (QED) is 0.639. The van der Waals surface area contributed by atoms with Crippen molar-refractivity contribution in [3.63, 3.8) is 0 Å². The van der Waals surface area contributed by atoms with Crippen molar-refractivity contribution in [3.8, 4) is 0 Å². The molecule has 8 heteroatoms. The Morgan fingerprint density at radius 3 is 2.46 bits per heavy atom. The number of rotatable bonds is 8. The van der Waals surface area contributed by atoms with Crippen molar-refractivity contribution in [2.45, 2.75) is 39.5 Å². The summed E-state index contributed by atoms with van der Waals surface area (Å²) in [5.41, 5.74) is -0.422. The molecule has 0 aromatic heterocycles. The van der Waals surface area contributed by atoms with E-state index in [1.165, 1.54) is 24.3 Å². The lowest BCUT2D eigenvalue weighted by atomic mass is 9.70. The SMILES string of the molecule is CC1(C)C2CCC1(CS(=O)(=O)NCCNC(=O)Cc1ccc(F)cc1)C(=O)C2. The number of nitrogens with one attached hydrogen (secondary N) is 2. The van der Waals surface area contributed by atoms with Gasteiger partial charge in [-0.2, -0.15) is 0 Å². The molecule has 2 unspecified atom stereocenters. The minimum atomic E-state index is -3.64. The number of Topliss-reactive ketones (excluding diaryl/α,β-unsaturated/α-hetero) is 1. The molecular weight excluding hydrogens is 383 g/mol. The maximum atomic E-state index is 12.9. The molecular formula is C20H27FN2O4S. The van der Waals surface area contributed by atoms with Gasteiger partial charge in [0, 0.05) is 24.9 Å². The summed E-state index contributed by atoms with van der Waals surface area (Å²) in [5, 5.41) is 2.64. The van der Waals surface area contributed by atoms with Gasteiger partial charge >= 0.3 is 0 Å². The van der Waals surface area contributed by atoms with Crippen LogP contribution in [0.1, 0.15) is 38.7 Å². The van der Waals surface area contributed by atoms with E-state index < -0.39 is 15.4 Å².